The molecule has 0 unspecified atom stereocenters. The molecular formula is C7H10BrNS. The molecule has 0 amide bonds. The molecule has 0 aliphatic carbocycles. The number of unbranched alkanes of at least 4 members (excludes halogenated alkanes) is 1. The van der Waals surface area contributed by atoms with E-state index in [4.69, 9.17) is 0 Å². The Morgan fingerprint density at radius 3 is 3.00 bits per heavy atom. The van der Waals surface area contributed by atoms with Crippen LogP contribution in [0, 0.1) is 0 Å². The molecule has 0 bridgehead atoms. The summed E-state index contributed by atoms with van der Waals surface area (Å²) >= 11 is 5.11. The normalized spacial score (nSPS) is 10.2. The van der Waals surface area contributed by atoms with Crippen LogP contribution in [-0.2, 0) is 6.42 Å². The topological polar surface area (TPSA) is 12.9 Å². The molecule has 1 aromatic heterocycles. The largest absolute Gasteiger partial charge is 0.249 e. The average molecular weight is 220 g/mol. The van der Waals surface area contributed by atoms with E-state index in [1.54, 1.807) is 11.3 Å². The molecule has 1 nitrogen and oxygen atoms in total. The van der Waals surface area contributed by atoms with Crippen molar-refractivity contribution in [2.45, 2.75) is 26.2 Å². The lowest BCUT2D eigenvalue weighted by molar-refractivity contribution is 0.779. The number of thiazole rings is 1. The first-order valence-corrected chi connectivity index (χ1v) is 5.09. The van der Waals surface area contributed by atoms with Gasteiger partial charge in [0.25, 0.3) is 0 Å². The number of aryl methyl sites for hydroxylation is 1. The Morgan fingerprint density at radius 1 is 1.70 bits per heavy atom. The van der Waals surface area contributed by atoms with E-state index in [-0.39, 0.29) is 0 Å². The fraction of sp³-hybridized carbons (Fsp3) is 0.571. The van der Waals surface area contributed by atoms with Crippen LogP contribution in [0.25, 0.3) is 0 Å². The fourth-order valence-electron chi connectivity index (χ4n) is 0.762. The molecule has 1 aromatic rings. The summed E-state index contributed by atoms with van der Waals surface area (Å²) in [6.07, 6.45) is 3.59. The van der Waals surface area contributed by atoms with Crippen molar-refractivity contribution in [2.24, 2.45) is 0 Å². The van der Waals surface area contributed by atoms with Gasteiger partial charge >= 0.3 is 0 Å². The highest BCUT2D eigenvalue weighted by Gasteiger charge is 2.00. The Hall–Kier alpha value is 0.110. The predicted octanol–water partition coefficient (Wildman–Crippen LogP) is 3.25. The van der Waals surface area contributed by atoms with Gasteiger partial charge in [0.05, 0.1) is 15.0 Å². The van der Waals surface area contributed by atoms with Crippen LogP contribution in [0.15, 0.2) is 9.30 Å². The minimum atomic E-state index is 1.11. The van der Waals surface area contributed by atoms with Crippen molar-refractivity contribution < 1.29 is 0 Å². The number of halogens is 1. The van der Waals surface area contributed by atoms with Gasteiger partial charge in [-0.1, -0.05) is 13.3 Å². The van der Waals surface area contributed by atoms with Crippen molar-refractivity contribution in [1.29, 1.82) is 0 Å². The lowest BCUT2D eigenvalue weighted by Crippen LogP contribution is -1.83. The van der Waals surface area contributed by atoms with Gasteiger partial charge in [-0.25, -0.2) is 4.98 Å². The Kier molecular flexibility index (Phi) is 3.35. The van der Waals surface area contributed by atoms with E-state index in [0.29, 0.717) is 0 Å². The maximum absolute atomic E-state index is 4.22. The van der Waals surface area contributed by atoms with Gasteiger partial charge in [0, 0.05) is 0 Å². The summed E-state index contributed by atoms with van der Waals surface area (Å²) in [4.78, 5) is 4.22. The van der Waals surface area contributed by atoms with Crippen molar-refractivity contribution >= 4 is 27.3 Å². The van der Waals surface area contributed by atoms with Crippen LogP contribution < -0.4 is 0 Å². The molecule has 3 heteroatoms. The van der Waals surface area contributed by atoms with Crippen LogP contribution in [0.3, 0.4) is 0 Å². The molecule has 0 aliphatic heterocycles. The van der Waals surface area contributed by atoms with Crippen LogP contribution in [0.1, 0.15) is 25.5 Å². The maximum atomic E-state index is 4.22. The molecular weight excluding hydrogens is 210 g/mol. The predicted molar refractivity (Wildman–Crippen MR) is 48.4 cm³/mol. The number of nitrogens with zero attached hydrogens (tertiary/aromatic N) is 1. The Balaban J connectivity index is 2.49. The molecule has 10 heavy (non-hydrogen) atoms. The number of aromatic nitrogens is 1. The van der Waals surface area contributed by atoms with Gasteiger partial charge in [-0.2, -0.15) is 0 Å². The third-order valence-electron chi connectivity index (χ3n) is 1.36. The molecule has 0 fully saturated rings. The highest BCUT2D eigenvalue weighted by atomic mass is 79.9. The molecule has 56 valence electrons. The van der Waals surface area contributed by atoms with E-state index in [0.717, 1.165) is 6.42 Å². The second kappa shape index (κ2) is 4.09. The first-order chi connectivity index (χ1) is 4.84. The minimum absolute atomic E-state index is 1.11. The van der Waals surface area contributed by atoms with Gasteiger partial charge in [-0.3, -0.25) is 0 Å². The standard InChI is InChI=1S/C7H10BrNS/c1-2-3-4-6-7(8)10-5-9-6/h5H,2-4H2,1H3. The quantitative estimate of drug-likeness (QED) is 0.761. The van der Waals surface area contributed by atoms with E-state index in [2.05, 4.69) is 27.8 Å². The van der Waals surface area contributed by atoms with Crippen LogP contribution >= 0.6 is 27.3 Å². The molecule has 0 aromatic carbocycles. The Bertz CT molecular complexity index is 197. The molecule has 0 N–H and O–H groups in total. The molecule has 0 saturated carbocycles. The van der Waals surface area contributed by atoms with Crippen LogP contribution in [-0.4, -0.2) is 4.98 Å². The SMILES string of the molecule is CCCCc1ncsc1Br. The second-order valence-corrected chi connectivity index (χ2v) is 4.35. The fourth-order valence-corrected chi connectivity index (χ4v) is 1.88. The summed E-state index contributed by atoms with van der Waals surface area (Å²) in [5.41, 5.74) is 3.10. The van der Waals surface area contributed by atoms with Gasteiger partial charge < -0.3 is 0 Å². The molecule has 1 rings (SSSR count). The van der Waals surface area contributed by atoms with Gasteiger partial charge in [-0.15, -0.1) is 11.3 Å². The van der Waals surface area contributed by atoms with Crippen molar-refractivity contribution in [2.75, 3.05) is 0 Å². The zero-order chi connectivity index (χ0) is 7.40. The smallest absolute Gasteiger partial charge is 0.0928 e. The Labute approximate surface area is 73.6 Å². The summed E-state index contributed by atoms with van der Waals surface area (Å²) in [6, 6.07) is 0. The average Bonchev–Trinajstić information content (AvgIpc) is 2.31. The monoisotopic (exact) mass is 219 g/mol. The number of hydrogen-bond donors (Lipinski definition) is 0. The van der Waals surface area contributed by atoms with E-state index in [1.165, 1.54) is 22.3 Å². The third kappa shape index (κ3) is 2.06. The van der Waals surface area contributed by atoms with Crippen molar-refractivity contribution in [3.8, 4) is 0 Å². The molecule has 0 radical (unpaired) electrons. The summed E-state index contributed by atoms with van der Waals surface area (Å²) in [5.74, 6) is 0. The van der Waals surface area contributed by atoms with E-state index >= 15 is 0 Å². The van der Waals surface area contributed by atoms with Crippen molar-refractivity contribution in [1.82, 2.24) is 4.98 Å². The zero-order valence-electron chi connectivity index (χ0n) is 5.93. The summed E-state index contributed by atoms with van der Waals surface area (Å²) in [5, 5.41) is 0. The highest BCUT2D eigenvalue weighted by Crippen LogP contribution is 2.21. The summed E-state index contributed by atoms with van der Waals surface area (Å²) in [7, 11) is 0. The molecule has 0 aliphatic rings. The Morgan fingerprint density at radius 2 is 2.50 bits per heavy atom. The molecule has 0 saturated heterocycles. The summed E-state index contributed by atoms with van der Waals surface area (Å²) in [6.45, 7) is 2.19. The van der Waals surface area contributed by atoms with E-state index in [1.807, 2.05) is 5.51 Å². The molecule has 1 heterocycles. The van der Waals surface area contributed by atoms with Gasteiger partial charge in [-0.05, 0) is 28.8 Å². The van der Waals surface area contributed by atoms with Crippen molar-refractivity contribution in [3.05, 3.63) is 15.0 Å². The van der Waals surface area contributed by atoms with Gasteiger partial charge in [0.15, 0.2) is 0 Å². The number of rotatable bonds is 3. The third-order valence-corrected chi connectivity index (χ3v) is 3.03. The van der Waals surface area contributed by atoms with Crippen molar-refractivity contribution in [3.63, 3.8) is 0 Å². The lowest BCUT2D eigenvalue weighted by Gasteiger charge is -1.92. The summed E-state index contributed by atoms with van der Waals surface area (Å²) < 4.78 is 1.20. The van der Waals surface area contributed by atoms with Gasteiger partial charge in [0.2, 0.25) is 0 Å². The van der Waals surface area contributed by atoms with E-state index in [9.17, 15) is 0 Å². The van der Waals surface area contributed by atoms with Crippen LogP contribution in [0.2, 0.25) is 0 Å². The van der Waals surface area contributed by atoms with Gasteiger partial charge in [0.1, 0.15) is 0 Å². The molecule has 0 spiro atoms. The van der Waals surface area contributed by atoms with Crippen LogP contribution in [0.5, 0.6) is 0 Å². The number of hydrogen-bond acceptors (Lipinski definition) is 2. The highest BCUT2D eigenvalue weighted by molar-refractivity contribution is 9.11. The lowest BCUT2D eigenvalue weighted by atomic mass is 10.2. The minimum Gasteiger partial charge on any atom is -0.249 e. The first-order valence-electron chi connectivity index (χ1n) is 3.42. The maximum Gasteiger partial charge on any atom is 0.0928 e. The second-order valence-electron chi connectivity index (χ2n) is 2.18. The van der Waals surface area contributed by atoms with Crippen LogP contribution in [0.4, 0.5) is 0 Å². The van der Waals surface area contributed by atoms with E-state index < -0.39 is 0 Å². The zero-order valence-corrected chi connectivity index (χ0v) is 8.33. The molecule has 0 atom stereocenters. The first kappa shape index (κ1) is 8.21.